The third-order valence-electron chi connectivity index (χ3n) is 5.85. The van der Waals surface area contributed by atoms with Crippen LogP contribution in [0.1, 0.15) is 11.3 Å². The van der Waals surface area contributed by atoms with Gasteiger partial charge in [0, 0.05) is 23.4 Å². The number of fused-ring (bicyclic) bond motifs is 3. The van der Waals surface area contributed by atoms with Crippen LogP contribution < -0.4 is 20.7 Å². The van der Waals surface area contributed by atoms with Crippen LogP contribution in [-0.4, -0.2) is 29.1 Å². The minimum absolute atomic E-state index is 0.00665. The largest absolute Gasteiger partial charge is 0.497 e. The molecule has 0 amide bonds. The highest BCUT2D eigenvalue weighted by molar-refractivity contribution is 6.02. The maximum atomic E-state index is 13.5. The summed E-state index contributed by atoms with van der Waals surface area (Å²) in [6, 6.07) is 15.5. The molecule has 2 aromatic carbocycles. The minimum atomic E-state index is -0.625. The Morgan fingerprint density at radius 1 is 0.971 bits per heavy atom. The Kier molecular flexibility index (Phi) is 5.74. The van der Waals surface area contributed by atoms with Crippen LogP contribution in [0.25, 0.3) is 22.1 Å². The molecule has 0 aliphatic carbocycles. The van der Waals surface area contributed by atoms with E-state index in [2.05, 4.69) is 0 Å². The normalized spacial score (nSPS) is 11.3. The van der Waals surface area contributed by atoms with Gasteiger partial charge in [0.1, 0.15) is 28.4 Å². The number of hydrogen-bond acceptors (Lipinski definition) is 7. The molecule has 178 valence electrons. The topological polar surface area (TPSA) is 106 Å². The molecule has 5 aromatic rings. The van der Waals surface area contributed by atoms with Crippen LogP contribution >= 0.6 is 0 Å². The van der Waals surface area contributed by atoms with Gasteiger partial charge in [-0.05, 0) is 30.3 Å². The van der Waals surface area contributed by atoms with Gasteiger partial charge in [0.2, 0.25) is 5.58 Å². The van der Waals surface area contributed by atoms with E-state index in [0.717, 1.165) is 4.57 Å². The molecule has 0 saturated heterocycles. The van der Waals surface area contributed by atoms with Gasteiger partial charge in [-0.25, -0.2) is 9.36 Å². The van der Waals surface area contributed by atoms with Crippen LogP contribution in [0.4, 0.5) is 0 Å². The molecule has 9 nitrogen and oxygen atoms in total. The Labute approximate surface area is 198 Å². The molecular formula is C26H22N2O7. The van der Waals surface area contributed by atoms with E-state index in [-0.39, 0.29) is 30.9 Å². The number of methoxy groups -OCH3 is 2. The van der Waals surface area contributed by atoms with Crippen LogP contribution in [0.2, 0.25) is 0 Å². The number of aromatic nitrogens is 2. The van der Waals surface area contributed by atoms with Gasteiger partial charge in [-0.1, -0.05) is 18.2 Å². The van der Waals surface area contributed by atoms with Crippen molar-refractivity contribution in [2.24, 2.45) is 0 Å². The van der Waals surface area contributed by atoms with Gasteiger partial charge in [0.05, 0.1) is 33.6 Å². The molecule has 0 N–H and O–H groups in total. The van der Waals surface area contributed by atoms with E-state index in [0.29, 0.717) is 39.3 Å². The lowest BCUT2D eigenvalue weighted by molar-refractivity contribution is -0.119. The van der Waals surface area contributed by atoms with Crippen LogP contribution in [0.3, 0.4) is 0 Å². The molecule has 0 aliphatic heterocycles. The molecule has 3 heterocycles. The van der Waals surface area contributed by atoms with Gasteiger partial charge < -0.3 is 18.3 Å². The van der Waals surface area contributed by atoms with Gasteiger partial charge >= 0.3 is 5.69 Å². The molecule has 0 spiro atoms. The SMILES string of the molecule is COc1ccc(CC(=O)Cn2c(=O)n(Cc3ccco3)c(=O)c3oc4ccccc4c32)c(OC)c1. The van der Waals surface area contributed by atoms with E-state index < -0.39 is 11.2 Å². The Balaban J connectivity index is 1.61. The van der Waals surface area contributed by atoms with Crippen LogP contribution in [0.15, 0.2) is 79.3 Å². The zero-order valence-electron chi connectivity index (χ0n) is 19.1. The Morgan fingerprint density at radius 3 is 2.54 bits per heavy atom. The van der Waals surface area contributed by atoms with Crippen molar-refractivity contribution in [3.8, 4) is 11.5 Å². The van der Waals surface area contributed by atoms with Crippen molar-refractivity contribution in [2.75, 3.05) is 14.2 Å². The number of nitrogens with zero attached hydrogens (tertiary/aromatic N) is 2. The number of hydrogen-bond donors (Lipinski definition) is 0. The predicted molar refractivity (Wildman–Crippen MR) is 128 cm³/mol. The lowest BCUT2D eigenvalue weighted by Gasteiger charge is -2.12. The van der Waals surface area contributed by atoms with Crippen molar-refractivity contribution in [3.63, 3.8) is 0 Å². The maximum absolute atomic E-state index is 13.5. The van der Waals surface area contributed by atoms with E-state index in [1.54, 1.807) is 61.7 Å². The second kappa shape index (κ2) is 9.02. The summed E-state index contributed by atoms with van der Waals surface area (Å²) in [5.41, 5.74) is 0.198. The smallest absolute Gasteiger partial charge is 0.332 e. The Morgan fingerprint density at radius 2 is 1.80 bits per heavy atom. The second-order valence-corrected chi connectivity index (χ2v) is 8.01. The number of carbonyl (C=O) groups excluding carboxylic acids is 1. The number of benzene rings is 2. The second-order valence-electron chi connectivity index (χ2n) is 8.01. The quantitative estimate of drug-likeness (QED) is 0.339. The van der Waals surface area contributed by atoms with Gasteiger partial charge in [-0.2, -0.15) is 0 Å². The summed E-state index contributed by atoms with van der Waals surface area (Å²) in [5, 5.41) is 0.580. The first-order valence-electron chi connectivity index (χ1n) is 10.9. The zero-order valence-corrected chi connectivity index (χ0v) is 19.1. The fourth-order valence-corrected chi connectivity index (χ4v) is 4.18. The Bertz CT molecular complexity index is 1660. The first kappa shape index (κ1) is 22.3. The van der Waals surface area contributed by atoms with Crippen molar-refractivity contribution < 1.29 is 23.1 Å². The number of furan rings is 2. The third kappa shape index (κ3) is 4.01. The molecule has 0 saturated carbocycles. The molecule has 0 atom stereocenters. The van der Waals surface area contributed by atoms with E-state index in [1.807, 2.05) is 0 Å². The van der Waals surface area contributed by atoms with Gasteiger partial charge in [-0.3, -0.25) is 14.2 Å². The van der Waals surface area contributed by atoms with Gasteiger partial charge in [-0.15, -0.1) is 0 Å². The summed E-state index contributed by atoms with van der Waals surface area (Å²) in [5.74, 6) is 1.29. The number of carbonyl (C=O) groups is 1. The van der Waals surface area contributed by atoms with Crippen molar-refractivity contribution in [1.82, 2.24) is 9.13 Å². The maximum Gasteiger partial charge on any atom is 0.332 e. The summed E-state index contributed by atoms with van der Waals surface area (Å²) >= 11 is 0. The molecule has 5 rings (SSSR count). The van der Waals surface area contributed by atoms with E-state index >= 15 is 0 Å². The number of ether oxygens (including phenoxy) is 2. The van der Waals surface area contributed by atoms with Crippen molar-refractivity contribution in [1.29, 1.82) is 0 Å². The average molecular weight is 474 g/mol. The summed E-state index contributed by atoms with van der Waals surface area (Å²) < 4.78 is 24.1. The zero-order chi connectivity index (χ0) is 24.5. The average Bonchev–Trinajstić information content (AvgIpc) is 3.52. The standard InChI is InChI=1S/C26H22N2O7/c1-32-18-10-9-16(22(13-18)33-2)12-17(29)14-27-23-20-7-3-4-8-21(20)35-24(23)25(30)28(26(27)31)15-19-6-5-11-34-19/h3-11,13H,12,14-15H2,1-2H3. The fourth-order valence-electron chi connectivity index (χ4n) is 4.18. The molecule has 0 radical (unpaired) electrons. The number of rotatable bonds is 8. The van der Waals surface area contributed by atoms with Crippen molar-refractivity contribution in [3.05, 3.63) is 93.0 Å². The van der Waals surface area contributed by atoms with Crippen molar-refractivity contribution in [2.45, 2.75) is 19.5 Å². The van der Waals surface area contributed by atoms with Crippen molar-refractivity contribution >= 4 is 27.9 Å². The molecule has 0 fully saturated rings. The van der Waals surface area contributed by atoms with E-state index in [1.165, 1.54) is 17.9 Å². The number of Topliss-reactive ketones (excluding diaryl/α,β-unsaturated/α-hetero) is 1. The molecule has 0 aliphatic rings. The molecule has 0 bridgehead atoms. The Hall–Kier alpha value is -4.53. The van der Waals surface area contributed by atoms with Gasteiger partial charge in [0.15, 0.2) is 5.78 Å². The number of para-hydroxylation sites is 1. The molecule has 3 aromatic heterocycles. The summed E-state index contributed by atoms with van der Waals surface area (Å²) in [6.45, 7) is -0.343. The predicted octanol–water partition coefficient (Wildman–Crippen LogP) is 3.38. The number of ketones is 1. The van der Waals surface area contributed by atoms with E-state index in [9.17, 15) is 14.4 Å². The summed E-state index contributed by atoms with van der Waals surface area (Å²) in [6.07, 6.45) is 1.48. The first-order valence-corrected chi connectivity index (χ1v) is 10.9. The highest BCUT2D eigenvalue weighted by atomic mass is 16.5. The first-order chi connectivity index (χ1) is 17.0. The highest BCUT2D eigenvalue weighted by Crippen LogP contribution is 2.27. The molecule has 35 heavy (non-hydrogen) atoms. The minimum Gasteiger partial charge on any atom is -0.497 e. The third-order valence-corrected chi connectivity index (χ3v) is 5.85. The molecule has 9 heteroatoms. The van der Waals surface area contributed by atoms with E-state index in [4.69, 9.17) is 18.3 Å². The summed E-state index contributed by atoms with van der Waals surface area (Å²) in [4.78, 5) is 39.9. The van der Waals surface area contributed by atoms with Crippen LogP contribution in [0, 0.1) is 0 Å². The molecule has 0 unspecified atom stereocenters. The van der Waals surface area contributed by atoms with Gasteiger partial charge in [0.25, 0.3) is 5.56 Å². The molecular weight excluding hydrogens is 452 g/mol. The van der Waals surface area contributed by atoms with Crippen LogP contribution in [-0.2, 0) is 24.3 Å². The summed E-state index contributed by atoms with van der Waals surface area (Å²) in [7, 11) is 3.06. The monoisotopic (exact) mass is 474 g/mol. The van der Waals surface area contributed by atoms with Crippen LogP contribution in [0.5, 0.6) is 11.5 Å². The fraction of sp³-hybridized carbons (Fsp3) is 0.192. The highest BCUT2D eigenvalue weighted by Gasteiger charge is 2.22. The lowest BCUT2D eigenvalue weighted by Crippen LogP contribution is -2.41. The lowest BCUT2D eigenvalue weighted by atomic mass is 10.1.